The standard InChI is InChI=1S/C74H46N2OS/c1-2-18-49(19-3-1)76-67-29-13-6-22-57(67)58-44-48(36-43-68(58)76)47-34-37-50(38-35-47)75(51-39-41-55-53-20-4-7-23-59(53)73(65(55)45-51)61-25-9-14-30-69(61)77-70-31-15-10-26-62(70)73)52-40-42-56-54-21-5-8-24-60(54)74(66(56)46-52)63-27-11-16-32-71(63)78-72-33-17-12-28-64(72)74/h1-46H. The lowest BCUT2D eigenvalue weighted by atomic mass is 9.66. The maximum atomic E-state index is 6.79. The van der Waals surface area contributed by atoms with Gasteiger partial charge in [-0.05, 0) is 158 Å². The van der Waals surface area contributed by atoms with Gasteiger partial charge >= 0.3 is 0 Å². The third-order valence-electron chi connectivity index (χ3n) is 17.3. The van der Waals surface area contributed by atoms with E-state index >= 15 is 0 Å². The van der Waals surface area contributed by atoms with Crippen LogP contribution in [0.5, 0.6) is 11.5 Å². The van der Waals surface area contributed by atoms with Gasteiger partial charge in [0.25, 0.3) is 0 Å². The molecule has 17 rings (SSSR count). The van der Waals surface area contributed by atoms with Crippen LogP contribution >= 0.6 is 11.8 Å². The normalized spacial score (nSPS) is 14.2. The number of anilines is 3. The lowest BCUT2D eigenvalue weighted by Gasteiger charge is -2.40. The lowest BCUT2D eigenvalue weighted by molar-refractivity contribution is 0.436. The SMILES string of the molecule is c1ccc(-n2c3ccccc3c3cc(-c4ccc(N(c5ccc6c(c5)C5(c7ccccc7Oc7ccccc75)c5ccccc5-6)c5ccc6c(c5)C5(c7ccccc7Sc7ccccc75)c5ccccc5-6)cc4)ccc32)cc1. The second-order valence-electron chi connectivity index (χ2n) is 21.0. The van der Waals surface area contributed by atoms with Crippen molar-refractivity contribution in [1.29, 1.82) is 0 Å². The summed E-state index contributed by atoms with van der Waals surface area (Å²) >= 11 is 1.88. The van der Waals surface area contributed by atoms with E-state index in [4.69, 9.17) is 4.74 Å². The van der Waals surface area contributed by atoms with Crippen molar-refractivity contribution < 1.29 is 4.74 Å². The van der Waals surface area contributed by atoms with E-state index in [1.165, 1.54) is 92.8 Å². The molecule has 3 nitrogen and oxygen atoms in total. The summed E-state index contributed by atoms with van der Waals surface area (Å²) in [7, 11) is 0. The molecule has 0 saturated heterocycles. The van der Waals surface area contributed by atoms with Gasteiger partial charge in [0, 0.05) is 54.4 Å². The first-order valence-corrected chi connectivity index (χ1v) is 27.7. The molecule has 2 aliphatic heterocycles. The van der Waals surface area contributed by atoms with Gasteiger partial charge in [0.2, 0.25) is 0 Å². The van der Waals surface area contributed by atoms with Crippen molar-refractivity contribution in [2.24, 2.45) is 0 Å². The Morgan fingerprint density at radius 2 is 0.756 bits per heavy atom. The van der Waals surface area contributed by atoms with Crippen molar-refractivity contribution in [2.75, 3.05) is 4.90 Å². The molecule has 0 fully saturated rings. The molecule has 0 bridgehead atoms. The molecule has 4 aliphatic rings. The van der Waals surface area contributed by atoms with E-state index < -0.39 is 10.8 Å². The fourth-order valence-electron chi connectivity index (χ4n) is 14.2. The van der Waals surface area contributed by atoms with Crippen LogP contribution < -0.4 is 9.64 Å². The molecule has 3 heterocycles. The average molecular weight is 1010 g/mol. The largest absolute Gasteiger partial charge is 0.457 e. The molecule has 0 saturated carbocycles. The highest BCUT2D eigenvalue weighted by atomic mass is 32.2. The van der Waals surface area contributed by atoms with Crippen molar-refractivity contribution in [2.45, 2.75) is 20.6 Å². The zero-order valence-electron chi connectivity index (χ0n) is 42.3. The molecule has 78 heavy (non-hydrogen) atoms. The van der Waals surface area contributed by atoms with Gasteiger partial charge in [-0.15, -0.1) is 0 Å². The second-order valence-corrected chi connectivity index (χ2v) is 22.1. The summed E-state index contributed by atoms with van der Waals surface area (Å²) in [5.41, 5.74) is 23.1. The summed E-state index contributed by atoms with van der Waals surface area (Å²) in [6.07, 6.45) is 0. The van der Waals surface area contributed by atoms with E-state index in [1.807, 2.05) is 11.8 Å². The molecular formula is C74H46N2OS. The minimum Gasteiger partial charge on any atom is -0.457 e. The van der Waals surface area contributed by atoms with Gasteiger partial charge in [-0.2, -0.15) is 0 Å². The number of rotatable bonds is 5. The summed E-state index contributed by atoms with van der Waals surface area (Å²) in [5.74, 6) is 1.77. The first-order valence-electron chi connectivity index (χ1n) is 26.9. The molecule has 0 amide bonds. The van der Waals surface area contributed by atoms with Crippen LogP contribution in [0.25, 0.3) is 60.9 Å². The number of ether oxygens (including phenoxy) is 1. The number of fused-ring (bicyclic) bond motifs is 21. The van der Waals surface area contributed by atoms with Crippen molar-refractivity contribution in [3.05, 3.63) is 324 Å². The highest BCUT2D eigenvalue weighted by Crippen LogP contribution is 2.65. The molecule has 0 atom stereocenters. The fraction of sp³-hybridized carbons (Fsp3) is 0.0270. The third-order valence-corrected chi connectivity index (χ3v) is 18.5. The van der Waals surface area contributed by atoms with Crippen molar-refractivity contribution in [3.8, 4) is 50.6 Å². The van der Waals surface area contributed by atoms with Gasteiger partial charge in [0.1, 0.15) is 11.5 Å². The zero-order chi connectivity index (χ0) is 51.1. The minimum absolute atomic E-state index is 0.530. The summed E-state index contributed by atoms with van der Waals surface area (Å²) in [6, 6.07) is 104. The monoisotopic (exact) mass is 1010 g/mol. The number of benzene rings is 12. The molecule has 2 spiro atoms. The van der Waals surface area contributed by atoms with Gasteiger partial charge in [-0.3, -0.25) is 0 Å². The molecule has 0 unspecified atom stereocenters. The van der Waals surface area contributed by atoms with Gasteiger partial charge in [0.15, 0.2) is 0 Å². The number of nitrogens with zero attached hydrogens (tertiary/aromatic N) is 2. The van der Waals surface area contributed by atoms with E-state index in [2.05, 4.69) is 289 Å². The molecule has 364 valence electrons. The summed E-state index contributed by atoms with van der Waals surface area (Å²) < 4.78 is 9.17. The van der Waals surface area contributed by atoms with E-state index in [0.29, 0.717) is 0 Å². The summed E-state index contributed by atoms with van der Waals surface area (Å²) in [5, 5.41) is 2.48. The van der Waals surface area contributed by atoms with Gasteiger partial charge in [-0.25, -0.2) is 0 Å². The van der Waals surface area contributed by atoms with Crippen molar-refractivity contribution in [1.82, 2.24) is 4.57 Å². The van der Waals surface area contributed by atoms with Crippen LogP contribution in [0.4, 0.5) is 17.1 Å². The number of para-hydroxylation sites is 4. The highest BCUT2D eigenvalue weighted by Gasteiger charge is 2.52. The zero-order valence-corrected chi connectivity index (χ0v) is 43.1. The van der Waals surface area contributed by atoms with Crippen molar-refractivity contribution >= 4 is 50.6 Å². The Labute approximate surface area is 456 Å². The number of hydrogen-bond donors (Lipinski definition) is 0. The van der Waals surface area contributed by atoms with E-state index in [9.17, 15) is 0 Å². The number of hydrogen-bond acceptors (Lipinski definition) is 3. The molecule has 4 heteroatoms. The summed E-state index contributed by atoms with van der Waals surface area (Å²) in [6.45, 7) is 0. The molecule has 0 N–H and O–H groups in total. The Kier molecular flexibility index (Phi) is 9.20. The van der Waals surface area contributed by atoms with Crippen LogP contribution in [0.1, 0.15) is 44.5 Å². The topological polar surface area (TPSA) is 17.4 Å². The fourth-order valence-corrected chi connectivity index (χ4v) is 15.4. The first kappa shape index (κ1) is 43.6. The second kappa shape index (κ2) is 16.4. The molecular weight excluding hydrogens is 965 g/mol. The lowest BCUT2D eigenvalue weighted by Crippen LogP contribution is -2.32. The van der Waals surface area contributed by atoms with Crippen molar-refractivity contribution in [3.63, 3.8) is 0 Å². The third kappa shape index (κ3) is 5.84. The van der Waals surface area contributed by atoms with Crippen LogP contribution in [0.2, 0.25) is 0 Å². The van der Waals surface area contributed by atoms with E-state index in [0.717, 1.165) is 50.9 Å². The molecule has 1 aromatic heterocycles. The van der Waals surface area contributed by atoms with Crippen LogP contribution in [-0.4, -0.2) is 4.57 Å². The van der Waals surface area contributed by atoms with Crippen LogP contribution in [0.15, 0.2) is 289 Å². The Hall–Kier alpha value is -9.61. The predicted molar refractivity (Wildman–Crippen MR) is 320 cm³/mol. The van der Waals surface area contributed by atoms with E-state index in [-0.39, 0.29) is 0 Å². The minimum atomic E-state index is -0.623. The smallest absolute Gasteiger partial charge is 0.132 e. The Morgan fingerprint density at radius 1 is 0.308 bits per heavy atom. The summed E-state index contributed by atoms with van der Waals surface area (Å²) in [4.78, 5) is 5.08. The maximum Gasteiger partial charge on any atom is 0.132 e. The van der Waals surface area contributed by atoms with Crippen LogP contribution in [0.3, 0.4) is 0 Å². The maximum absolute atomic E-state index is 6.79. The molecule has 13 aromatic rings. The Morgan fingerprint density at radius 3 is 1.37 bits per heavy atom. The van der Waals surface area contributed by atoms with Gasteiger partial charge in [-0.1, -0.05) is 200 Å². The predicted octanol–water partition coefficient (Wildman–Crippen LogP) is 19.2. The Balaban J connectivity index is 0.894. The van der Waals surface area contributed by atoms with Gasteiger partial charge in [0.05, 0.1) is 21.9 Å². The number of aromatic nitrogens is 1. The molecule has 12 aromatic carbocycles. The highest BCUT2D eigenvalue weighted by molar-refractivity contribution is 7.99. The molecule has 2 aliphatic carbocycles. The van der Waals surface area contributed by atoms with Crippen LogP contribution in [0, 0.1) is 0 Å². The quantitative estimate of drug-likeness (QED) is 0.171. The average Bonchev–Trinajstić information content (AvgIpc) is 4.28. The first-order chi connectivity index (χ1) is 38.7. The van der Waals surface area contributed by atoms with Gasteiger partial charge < -0.3 is 14.2 Å². The molecule has 0 radical (unpaired) electrons. The van der Waals surface area contributed by atoms with E-state index in [1.54, 1.807) is 0 Å². The Bertz CT molecular complexity index is 4360. The van der Waals surface area contributed by atoms with Crippen LogP contribution in [-0.2, 0) is 10.8 Å².